The molecule has 1 aromatic rings. The summed E-state index contributed by atoms with van der Waals surface area (Å²) in [7, 11) is 0. The van der Waals surface area contributed by atoms with Crippen molar-refractivity contribution in [1.82, 2.24) is 5.32 Å². The lowest BCUT2D eigenvalue weighted by Gasteiger charge is -2.09. The maximum Gasteiger partial charge on any atom is 0.220 e. The van der Waals surface area contributed by atoms with Crippen molar-refractivity contribution in [2.24, 2.45) is 0 Å². The van der Waals surface area contributed by atoms with Crippen molar-refractivity contribution < 1.29 is 14.0 Å². The Kier molecular flexibility index (Phi) is 2.73. The summed E-state index contributed by atoms with van der Waals surface area (Å²) in [5.41, 5.74) is 0.863. The van der Waals surface area contributed by atoms with Gasteiger partial charge in [-0.25, -0.2) is 4.39 Å². The normalized spacial score (nSPS) is 19.6. The van der Waals surface area contributed by atoms with Gasteiger partial charge in [0.15, 0.2) is 5.78 Å². The summed E-state index contributed by atoms with van der Waals surface area (Å²) < 4.78 is 13.7. The standard InChI is InChI=1S/C12H12FNO2/c1-7(15)8-2-3-10(11(13)4-8)9-5-12(16)14-6-9/h2-4,9H,5-6H2,1H3,(H,14,16)/t9-/m1/s1. The fraction of sp³-hybridized carbons (Fsp3) is 0.333. The lowest BCUT2D eigenvalue weighted by Crippen LogP contribution is -2.13. The van der Waals surface area contributed by atoms with Crippen LogP contribution in [0.4, 0.5) is 4.39 Å². The molecule has 1 aromatic carbocycles. The fourth-order valence-electron chi connectivity index (χ4n) is 1.90. The molecule has 1 aliphatic rings. The summed E-state index contributed by atoms with van der Waals surface area (Å²) in [5, 5.41) is 2.66. The molecule has 0 unspecified atom stereocenters. The predicted octanol–water partition coefficient (Wildman–Crippen LogP) is 1.63. The van der Waals surface area contributed by atoms with E-state index in [1.165, 1.54) is 13.0 Å². The molecule has 84 valence electrons. The van der Waals surface area contributed by atoms with E-state index in [-0.39, 0.29) is 17.6 Å². The second kappa shape index (κ2) is 4.04. The van der Waals surface area contributed by atoms with Crippen LogP contribution in [0.2, 0.25) is 0 Å². The lowest BCUT2D eigenvalue weighted by molar-refractivity contribution is -0.119. The van der Waals surface area contributed by atoms with E-state index in [9.17, 15) is 14.0 Å². The van der Waals surface area contributed by atoms with Crippen LogP contribution in [0.15, 0.2) is 18.2 Å². The van der Waals surface area contributed by atoms with Crippen molar-refractivity contribution >= 4 is 11.7 Å². The van der Waals surface area contributed by atoms with Gasteiger partial charge in [-0.15, -0.1) is 0 Å². The number of hydrogen-bond acceptors (Lipinski definition) is 2. The first-order chi connectivity index (χ1) is 7.58. The van der Waals surface area contributed by atoms with E-state index in [0.717, 1.165) is 0 Å². The molecule has 4 heteroatoms. The maximum atomic E-state index is 13.7. The van der Waals surface area contributed by atoms with Crippen molar-refractivity contribution in [3.05, 3.63) is 35.1 Å². The number of carbonyl (C=O) groups excluding carboxylic acids is 2. The Hall–Kier alpha value is -1.71. The first kappa shape index (κ1) is 10.8. The minimum absolute atomic E-state index is 0.0555. The first-order valence-corrected chi connectivity index (χ1v) is 5.15. The number of carbonyl (C=O) groups is 2. The van der Waals surface area contributed by atoms with Crippen LogP contribution in [0.3, 0.4) is 0 Å². The Morgan fingerprint density at radius 2 is 2.25 bits per heavy atom. The van der Waals surface area contributed by atoms with Crippen molar-refractivity contribution in [3.63, 3.8) is 0 Å². The van der Waals surface area contributed by atoms with Crippen molar-refractivity contribution in [1.29, 1.82) is 0 Å². The highest BCUT2D eigenvalue weighted by Crippen LogP contribution is 2.26. The van der Waals surface area contributed by atoms with Crippen LogP contribution in [-0.4, -0.2) is 18.2 Å². The molecule has 1 N–H and O–H groups in total. The van der Waals surface area contributed by atoms with Crippen LogP contribution in [0.1, 0.15) is 35.2 Å². The van der Waals surface area contributed by atoms with Gasteiger partial charge in [-0.1, -0.05) is 12.1 Å². The van der Waals surface area contributed by atoms with Crippen LogP contribution in [-0.2, 0) is 4.79 Å². The zero-order valence-corrected chi connectivity index (χ0v) is 8.92. The average molecular weight is 221 g/mol. The number of halogens is 1. The predicted molar refractivity (Wildman–Crippen MR) is 56.8 cm³/mol. The third-order valence-corrected chi connectivity index (χ3v) is 2.82. The smallest absolute Gasteiger partial charge is 0.220 e. The summed E-state index contributed by atoms with van der Waals surface area (Å²) in [6.07, 6.45) is 0.316. The summed E-state index contributed by atoms with van der Waals surface area (Å²) >= 11 is 0. The number of ketones is 1. The molecule has 16 heavy (non-hydrogen) atoms. The Morgan fingerprint density at radius 1 is 1.50 bits per heavy atom. The highest BCUT2D eigenvalue weighted by Gasteiger charge is 2.25. The Balaban J connectivity index is 2.29. The van der Waals surface area contributed by atoms with Gasteiger partial charge in [0.2, 0.25) is 5.91 Å². The van der Waals surface area contributed by atoms with E-state index in [1.807, 2.05) is 0 Å². The molecule has 1 fully saturated rings. The van der Waals surface area contributed by atoms with Gasteiger partial charge in [-0.3, -0.25) is 9.59 Å². The zero-order chi connectivity index (χ0) is 11.7. The Bertz CT molecular complexity index is 456. The summed E-state index contributed by atoms with van der Waals surface area (Å²) in [6, 6.07) is 4.43. The minimum atomic E-state index is -0.408. The van der Waals surface area contributed by atoms with Gasteiger partial charge in [0.25, 0.3) is 0 Å². The van der Waals surface area contributed by atoms with E-state index in [0.29, 0.717) is 24.1 Å². The van der Waals surface area contributed by atoms with Crippen molar-refractivity contribution in [3.8, 4) is 0 Å². The van der Waals surface area contributed by atoms with E-state index in [4.69, 9.17) is 0 Å². The highest BCUT2D eigenvalue weighted by atomic mass is 19.1. The molecule has 1 aliphatic heterocycles. The largest absolute Gasteiger partial charge is 0.355 e. The van der Waals surface area contributed by atoms with Gasteiger partial charge in [-0.2, -0.15) is 0 Å². The van der Waals surface area contributed by atoms with Gasteiger partial charge < -0.3 is 5.32 Å². The number of rotatable bonds is 2. The highest BCUT2D eigenvalue weighted by molar-refractivity contribution is 5.94. The van der Waals surface area contributed by atoms with Gasteiger partial charge >= 0.3 is 0 Å². The summed E-state index contributed by atoms with van der Waals surface area (Å²) in [5.74, 6) is -0.742. The molecule has 0 bridgehead atoms. The van der Waals surface area contributed by atoms with Crippen LogP contribution >= 0.6 is 0 Å². The zero-order valence-electron chi connectivity index (χ0n) is 8.92. The Morgan fingerprint density at radius 3 is 2.75 bits per heavy atom. The van der Waals surface area contributed by atoms with Crippen LogP contribution in [0.5, 0.6) is 0 Å². The second-order valence-corrected chi connectivity index (χ2v) is 4.00. The number of amides is 1. The van der Waals surface area contributed by atoms with E-state index in [2.05, 4.69) is 5.32 Å². The number of Topliss-reactive ketones (excluding diaryl/α,β-unsaturated/α-hetero) is 1. The second-order valence-electron chi connectivity index (χ2n) is 4.00. The van der Waals surface area contributed by atoms with Crippen LogP contribution in [0, 0.1) is 5.82 Å². The lowest BCUT2D eigenvalue weighted by atomic mass is 9.96. The Labute approximate surface area is 92.7 Å². The monoisotopic (exact) mass is 221 g/mol. The summed E-state index contributed by atoms with van der Waals surface area (Å²) in [6.45, 7) is 1.87. The van der Waals surface area contributed by atoms with Crippen molar-refractivity contribution in [2.75, 3.05) is 6.54 Å². The molecule has 1 saturated heterocycles. The van der Waals surface area contributed by atoms with Crippen molar-refractivity contribution in [2.45, 2.75) is 19.3 Å². The molecule has 0 aliphatic carbocycles. The SMILES string of the molecule is CC(=O)c1ccc([C@H]2CNC(=O)C2)c(F)c1. The van der Waals surface area contributed by atoms with Gasteiger partial charge in [-0.05, 0) is 18.6 Å². The molecular weight excluding hydrogens is 209 g/mol. The fourth-order valence-corrected chi connectivity index (χ4v) is 1.90. The van der Waals surface area contributed by atoms with Gasteiger partial charge in [0, 0.05) is 24.4 Å². The van der Waals surface area contributed by atoms with Gasteiger partial charge in [0.05, 0.1) is 0 Å². The third kappa shape index (κ3) is 1.96. The van der Waals surface area contributed by atoms with E-state index >= 15 is 0 Å². The molecule has 0 saturated carbocycles. The van der Waals surface area contributed by atoms with E-state index < -0.39 is 5.82 Å². The summed E-state index contributed by atoms with van der Waals surface area (Å²) in [4.78, 5) is 22.1. The molecule has 0 aromatic heterocycles. The molecule has 0 radical (unpaired) electrons. The molecule has 1 amide bonds. The van der Waals surface area contributed by atoms with E-state index in [1.54, 1.807) is 12.1 Å². The number of benzene rings is 1. The number of hydrogen-bond donors (Lipinski definition) is 1. The molecular formula is C12H12FNO2. The molecule has 3 nitrogen and oxygen atoms in total. The number of nitrogens with one attached hydrogen (secondary N) is 1. The molecule has 2 rings (SSSR count). The van der Waals surface area contributed by atoms with Crippen LogP contribution < -0.4 is 5.32 Å². The topological polar surface area (TPSA) is 46.2 Å². The first-order valence-electron chi connectivity index (χ1n) is 5.15. The quantitative estimate of drug-likeness (QED) is 0.771. The molecule has 1 heterocycles. The molecule has 0 spiro atoms. The average Bonchev–Trinajstić information content (AvgIpc) is 2.64. The minimum Gasteiger partial charge on any atom is -0.355 e. The van der Waals surface area contributed by atoms with Crippen LogP contribution in [0.25, 0.3) is 0 Å². The van der Waals surface area contributed by atoms with Gasteiger partial charge in [0.1, 0.15) is 5.82 Å². The molecule has 1 atom stereocenters. The maximum absolute atomic E-state index is 13.7. The third-order valence-electron chi connectivity index (χ3n) is 2.82.